The summed E-state index contributed by atoms with van der Waals surface area (Å²) in [7, 11) is 0. The Labute approximate surface area is 178 Å². The average molecular weight is 431 g/mol. The van der Waals surface area contributed by atoms with Gasteiger partial charge in [-0.1, -0.05) is 42.5 Å². The van der Waals surface area contributed by atoms with Crippen molar-refractivity contribution in [3.05, 3.63) is 100 Å². The Bertz CT molecular complexity index is 1010. The summed E-state index contributed by atoms with van der Waals surface area (Å²) in [5.74, 6) is 0.916. The maximum atomic E-state index is 13.1. The normalized spacial score (nSPS) is 15.9. The molecule has 1 atom stereocenters. The molecule has 0 saturated heterocycles. The van der Waals surface area contributed by atoms with Crippen molar-refractivity contribution in [3.63, 3.8) is 0 Å². The van der Waals surface area contributed by atoms with Crippen molar-refractivity contribution >= 4 is 11.8 Å². The number of thioether (sulfide) groups is 1. The highest BCUT2D eigenvalue weighted by atomic mass is 32.2. The van der Waals surface area contributed by atoms with E-state index < -0.39 is 18.4 Å². The van der Waals surface area contributed by atoms with Crippen LogP contribution in [-0.4, -0.2) is 6.67 Å². The van der Waals surface area contributed by atoms with Crippen LogP contribution in [0.4, 0.5) is 17.6 Å². The fourth-order valence-corrected chi connectivity index (χ4v) is 5.10. The minimum atomic E-state index is -4.41. The van der Waals surface area contributed by atoms with E-state index in [2.05, 4.69) is 30.3 Å². The molecule has 1 aliphatic rings. The number of alkyl halides is 4. The Morgan fingerprint density at radius 1 is 0.900 bits per heavy atom. The first-order valence-corrected chi connectivity index (χ1v) is 11.0. The van der Waals surface area contributed by atoms with Gasteiger partial charge in [-0.15, -0.1) is 11.8 Å². The van der Waals surface area contributed by atoms with Crippen LogP contribution in [0.15, 0.2) is 71.6 Å². The maximum Gasteiger partial charge on any atom is 0.416 e. The third-order valence-electron chi connectivity index (χ3n) is 5.65. The Morgan fingerprint density at radius 3 is 2.40 bits per heavy atom. The molecule has 156 valence electrons. The zero-order valence-electron chi connectivity index (χ0n) is 16.4. The van der Waals surface area contributed by atoms with Crippen molar-refractivity contribution in [1.82, 2.24) is 0 Å². The van der Waals surface area contributed by atoms with Gasteiger partial charge in [0, 0.05) is 23.0 Å². The van der Waals surface area contributed by atoms with Crippen molar-refractivity contribution < 1.29 is 17.6 Å². The first-order chi connectivity index (χ1) is 14.5. The summed E-state index contributed by atoms with van der Waals surface area (Å²) in [6.07, 6.45) is -2.68. The van der Waals surface area contributed by atoms with Gasteiger partial charge in [-0.25, -0.2) is 0 Å². The predicted molar refractivity (Wildman–Crippen MR) is 114 cm³/mol. The van der Waals surface area contributed by atoms with Gasteiger partial charge in [-0.2, -0.15) is 13.2 Å². The van der Waals surface area contributed by atoms with E-state index in [1.807, 2.05) is 18.2 Å². The standard InChI is InChI=1S/C25H22F4S/c26-13-12-19-14-20(25(27,28)29)7-10-22(19)24-9-6-18-15-21(8-11-23(18)24)30-16-17-4-2-1-3-5-17/h1-5,7-8,10-11,14-15,24H,6,9,12-13,16H2/t24-/m1/s1. The molecular formula is C25H22F4S. The van der Waals surface area contributed by atoms with Gasteiger partial charge in [0.05, 0.1) is 12.2 Å². The van der Waals surface area contributed by atoms with Gasteiger partial charge in [0.25, 0.3) is 0 Å². The highest BCUT2D eigenvalue weighted by molar-refractivity contribution is 7.98. The van der Waals surface area contributed by atoms with Crippen LogP contribution in [0.3, 0.4) is 0 Å². The van der Waals surface area contributed by atoms with Crippen LogP contribution >= 0.6 is 11.8 Å². The molecule has 0 amide bonds. The Hall–Kier alpha value is -2.27. The lowest BCUT2D eigenvalue weighted by atomic mass is 9.87. The van der Waals surface area contributed by atoms with Crippen LogP contribution in [0.25, 0.3) is 0 Å². The molecule has 0 heterocycles. The van der Waals surface area contributed by atoms with Gasteiger partial charge in [-0.3, -0.25) is 4.39 Å². The van der Waals surface area contributed by atoms with Crippen molar-refractivity contribution in [2.75, 3.05) is 6.67 Å². The smallest absolute Gasteiger partial charge is 0.251 e. The fourth-order valence-electron chi connectivity index (χ4n) is 4.19. The molecule has 1 aliphatic carbocycles. The summed E-state index contributed by atoms with van der Waals surface area (Å²) in [6.45, 7) is -0.664. The molecule has 0 bridgehead atoms. The van der Waals surface area contributed by atoms with Crippen LogP contribution in [0.5, 0.6) is 0 Å². The molecular weight excluding hydrogens is 408 g/mol. The van der Waals surface area contributed by atoms with Gasteiger partial charge in [0.15, 0.2) is 0 Å². The molecule has 0 aliphatic heterocycles. The molecule has 0 spiro atoms. The van der Waals surface area contributed by atoms with Gasteiger partial charge >= 0.3 is 6.18 Å². The zero-order chi connectivity index (χ0) is 21.1. The number of halogens is 4. The van der Waals surface area contributed by atoms with Gasteiger partial charge < -0.3 is 0 Å². The molecule has 4 rings (SSSR count). The highest BCUT2D eigenvalue weighted by Gasteiger charge is 2.32. The topological polar surface area (TPSA) is 0 Å². The second-order valence-corrected chi connectivity index (χ2v) is 8.63. The molecule has 0 saturated carbocycles. The lowest BCUT2D eigenvalue weighted by Gasteiger charge is -2.19. The van der Waals surface area contributed by atoms with Crippen molar-refractivity contribution in [2.24, 2.45) is 0 Å². The molecule has 0 fully saturated rings. The molecule has 0 N–H and O–H groups in total. The Kier molecular flexibility index (Phi) is 6.19. The van der Waals surface area contributed by atoms with E-state index in [1.54, 1.807) is 17.8 Å². The van der Waals surface area contributed by atoms with E-state index >= 15 is 0 Å². The fraction of sp³-hybridized carbons (Fsp3) is 0.280. The summed E-state index contributed by atoms with van der Waals surface area (Å²) in [5.41, 5.74) is 4.24. The number of fused-ring (bicyclic) bond motifs is 1. The SMILES string of the molecule is FCCc1cc(C(F)(F)F)ccc1[C@H]1CCc2cc(SCc3ccccc3)ccc21. The van der Waals surface area contributed by atoms with Gasteiger partial charge in [0.2, 0.25) is 0 Å². The number of hydrogen-bond donors (Lipinski definition) is 0. The van der Waals surface area contributed by atoms with Crippen LogP contribution in [0.1, 0.15) is 45.7 Å². The molecule has 0 aromatic heterocycles. The first kappa shape index (κ1) is 21.0. The molecule has 0 unspecified atom stereocenters. The predicted octanol–water partition coefficient (Wildman–Crippen LogP) is 7.59. The lowest BCUT2D eigenvalue weighted by molar-refractivity contribution is -0.137. The van der Waals surface area contributed by atoms with Crippen LogP contribution in [0.2, 0.25) is 0 Å². The number of aryl methyl sites for hydroxylation is 2. The number of hydrogen-bond acceptors (Lipinski definition) is 1. The summed E-state index contributed by atoms with van der Waals surface area (Å²) < 4.78 is 52.4. The van der Waals surface area contributed by atoms with Crippen LogP contribution in [-0.2, 0) is 24.8 Å². The lowest BCUT2D eigenvalue weighted by Crippen LogP contribution is -2.09. The van der Waals surface area contributed by atoms with Gasteiger partial charge in [-0.05, 0) is 64.9 Å². The first-order valence-electron chi connectivity index (χ1n) is 10.0. The molecule has 5 heteroatoms. The second-order valence-electron chi connectivity index (χ2n) is 7.58. The zero-order valence-corrected chi connectivity index (χ0v) is 17.2. The molecule has 3 aromatic rings. The molecule has 0 radical (unpaired) electrons. The quantitative estimate of drug-likeness (QED) is 0.287. The van der Waals surface area contributed by atoms with Crippen LogP contribution in [0, 0.1) is 0 Å². The minimum absolute atomic E-state index is 0.0100. The van der Waals surface area contributed by atoms with Crippen LogP contribution < -0.4 is 0 Å². The summed E-state index contributed by atoms with van der Waals surface area (Å²) in [6, 6.07) is 20.4. The maximum absolute atomic E-state index is 13.1. The molecule has 30 heavy (non-hydrogen) atoms. The van der Waals surface area contributed by atoms with E-state index in [-0.39, 0.29) is 12.3 Å². The summed E-state index contributed by atoms with van der Waals surface area (Å²) in [4.78, 5) is 1.19. The van der Waals surface area contributed by atoms with Crippen molar-refractivity contribution in [1.29, 1.82) is 0 Å². The van der Waals surface area contributed by atoms with Crippen molar-refractivity contribution in [2.45, 2.75) is 42.0 Å². The van der Waals surface area contributed by atoms with Crippen molar-refractivity contribution in [3.8, 4) is 0 Å². The Morgan fingerprint density at radius 2 is 1.67 bits per heavy atom. The van der Waals surface area contributed by atoms with E-state index in [4.69, 9.17) is 0 Å². The summed E-state index contributed by atoms with van der Waals surface area (Å²) >= 11 is 1.78. The second kappa shape index (κ2) is 8.84. The molecule has 3 aromatic carbocycles. The van der Waals surface area contributed by atoms with E-state index in [0.717, 1.165) is 41.9 Å². The van der Waals surface area contributed by atoms with E-state index in [0.29, 0.717) is 5.56 Å². The third kappa shape index (κ3) is 4.56. The highest BCUT2D eigenvalue weighted by Crippen LogP contribution is 2.42. The largest absolute Gasteiger partial charge is 0.416 e. The third-order valence-corrected chi connectivity index (χ3v) is 6.72. The van der Waals surface area contributed by atoms with Gasteiger partial charge in [0.1, 0.15) is 0 Å². The van der Waals surface area contributed by atoms with E-state index in [9.17, 15) is 17.6 Å². The minimum Gasteiger partial charge on any atom is -0.251 e. The molecule has 0 nitrogen and oxygen atoms in total. The van der Waals surface area contributed by atoms with E-state index in [1.165, 1.54) is 16.0 Å². The average Bonchev–Trinajstić information content (AvgIpc) is 3.15. The number of rotatable bonds is 6. The summed E-state index contributed by atoms with van der Waals surface area (Å²) in [5, 5.41) is 0. The Balaban J connectivity index is 1.57. The number of benzene rings is 3. The monoisotopic (exact) mass is 430 g/mol.